The van der Waals surface area contributed by atoms with Gasteiger partial charge in [-0.1, -0.05) is 42.1 Å². The fourth-order valence-electron chi connectivity index (χ4n) is 2.47. The molecular weight excluding hydrogens is 391 g/mol. The zero-order chi connectivity index (χ0) is 17.2. The molecule has 0 atom stereocenters. The molecule has 0 aromatic heterocycles. The first-order valence-electron chi connectivity index (χ1n) is 8.22. The van der Waals surface area contributed by atoms with Crippen LogP contribution in [0, 0.1) is 12.1 Å². The molecule has 4 aromatic rings. The van der Waals surface area contributed by atoms with Crippen LogP contribution in [0.4, 0.5) is 17.1 Å². The van der Waals surface area contributed by atoms with Gasteiger partial charge in [-0.05, 0) is 24.3 Å². The number of hydrogen-bond donors (Lipinski definition) is 0. The van der Waals surface area contributed by atoms with E-state index < -0.39 is 0 Å². The first-order valence-corrected chi connectivity index (χ1v) is 8.22. The van der Waals surface area contributed by atoms with E-state index in [0.717, 1.165) is 17.1 Å². The summed E-state index contributed by atoms with van der Waals surface area (Å²) in [6.45, 7) is 0. The van der Waals surface area contributed by atoms with Gasteiger partial charge in [0.2, 0.25) is 0 Å². The van der Waals surface area contributed by atoms with E-state index in [1.807, 2.05) is 54.6 Å². The zero-order valence-corrected chi connectivity index (χ0v) is 17.3. The molecule has 2 heteroatoms. The monoisotopic (exact) mass is 410 g/mol. The standard InChI is InChI=1S/C18H14N.C6H5.Y/c1-4-10-16(11-5-1)19(17-12-6-2-7-13-17)18-14-8-3-9-15-18;1-2-4-6-5-3-1;/h1-2,4-15H;1-5H;/q2*-1;. The third-order valence-electron chi connectivity index (χ3n) is 3.59. The van der Waals surface area contributed by atoms with Crippen LogP contribution < -0.4 is 4.90 Å². The van der Waals surface area contributed by atoms with Gasteiger partial charge < -0.3 is 4.90 Å². The van der Waals surface area contributed by atoms with Crippen LogP contribution in [0.2, 0.25) is 0 Å². The predicted octanol–water partition coefficient (Wildman–Crippen LogP) is 6.44. The Balaban J connectivity index is 0.000000297. The molecule has 1 radical (unpaired) electrons. The van der Waals surface area contributed by atoms with Gasteiger partial charge in [-0.3, -0.25) is 0 Å². The number of nitrogens with zero attached hydrogens (tertiary/aromatic N) is 1. The van der Waals surface area contributed by atoms with E-state index in [4.69, 9.17) is 0 Å². The summed E-state index contributed by atoms with van der Waals surface area (Å²) in [6, 6.07) is 44.3. The van der Waals surface area contributed by atoms with Gasteiger partial charge in [0.05, 0.1) is 0 Å². The maximum absolute atomic E-state index is 3.06. The van der Waals surface area contributed by atoms with Gasteiger partial charge in [0.25, 0.3) is 0 Å². The first-order chi connectivity index (χ1) is 12.4. The maximum Gasteiger partial charge on any atom is 0.0438 e. The van der Waals surface area contributed by atoms with Crippen LogP contribution in [0.1, 0.15) is 0 Å². The second-order valence-corrected chi connectivity index (χ2v) is 5.34. The van der Waals surface area contributed by atoms with Crippen LogP contribution in [-0.2, 0) is 32.7 Å². The van der Waals surface area contributed by atoms with Gasteiger partial charge in [0, 0.05) is 44.1 Å². The van der Waals surface area contributed by atoms with Crippen LogP contribution in [0.15, 0.2) is 115 Å². The summed E-state index contributed by atoms with van der Waals surface area (Å²) >= 11 is 0. The predicted molar refractivity (Wildman–Crippen MR) is 105 cm³/mol. The van der Waals surface area contributed by atoms with Crippen molar-refractivity contribution in [1.82, 2.24) is 0 Å². The SMILES string of the molecule is [Y].[c-]1ccc(N(c2ccccc2)c2ccccc2)cc1.[c-]1ccccc1. The van der Waals surface area contributed by atoms with E-state index >= 15 is 0 Å². The van der Waals surface area contributed by atoms with Crippen molar-refractivity contribution in [3.05, 3.63) is 127 Å². The largest absolute Gasteiger partial charge is 0.334 e. The average Bonchev–Trinajstić information content (AvgIpc) is 2.72. The molecule has 1 nitrogen and oxygen atoms in total. The van der Waals surface area contributed by atoms with Gasteiger partial charge in [0.15, 0.2) is 0 Å². The van der Waals surface area contributed by atoms with E-state index in [2.05, 4.69) is 77.7 Å². The first kappa shape index (κ1) is 20.1. The molecule has 0 spiro atoms. The molecule has 0 saturated heterocycles. The summed E-state index contributed by atoms with van der Waals surface area (Å²) in [4.78, 5) is 2.23. The minimum absolute atomic E-state index is 0. The van der Waals surface area contributed by atoms with Crippen LogP contribution in [0.5, 0.6) is 0 Å². The molecule has 125 valence electrons. The van der Waals surface area contributed by atoms with Crippen molar-refractivity contribution in [2.24, 2.45) is 0 Å². The molecule has 4 rings (SSSR count). The minimum atomic E-state index is 0. The Hall–Kier alpha value is -2.22. The third kappa shape index (κ3) is 5.95. The number of benzene rings is 4. The molecule has 0 amide bonds. The van der Waals surface area contributed by atoms with Crippen molar-refractivity contribution >= 4 is 17.1 Å². The molecule has 0 fully saturated rings. The van der Waals surface area contributed by atoms with Gasteiger partial charge >= 0.3 is 0 Å². The van der Waals surface area contributed by atoms with E-state index in [9.17, 15) is 0 Å². The fraction of sp³-hybridized carbons (Fsp3) is 0. The normalized spacial score (nSPS) is 9.23. The molecule has 0 aliphatic carbocycles. The Morgan fingerprint density at radius 3 is 1.19 bits per heavy atom. The molecule has 26 heavy (non-hydrogen) atoms. The van der Waals surface area contributed by atoms with Gasteiger partial charge in [0.1, 0.15) is 0 Å². The van der Waals surface area contributed by atoms with Crippen LogP contribution >= 0.6 is 0 Å². The number of hydrogen-bond acceptors (Lipinski definition) is 1. The summed E-state index contributed by atoms with van der Waals surface area (Å²) in [5, 5.41) is 0. The van der Waals surface area contributed by atoms with Crippen molar-refractivity contribution in [2.75, 3.05) is 4.90 Å². The number of anilines is 3. The Morgan fingerprint density at radius 2 is 0.808 bits per heavy atom. The average molecular weight is 410 g/mol. The van der Waals surface area contributed by atoms with Crippen molar-refractivity contribution in [1.29, 1.82) is 0 Å². The summed E-state index contributed by atoms with van der Waals surface area (Å²) in [6.07, 6.45) is 0. The van der Waals surface area contributed by atoms with E-state index in [-0.39, 0.29) is 32.7 Å². The number of para-hydroxylation sites is 2. The molecule has 0 bridgehead atoms. The topological polar surface area (TPSA) is 3.24 Å². The van der Waals surface area contributed by atoms with Crippen LogP contribution in [0.3, 0.4) is 0 Å². The van der Waals surface area contributed by atoms with E-state index in [0.29, 0.717) is 0 Å². The minimum Gasteiger partial charge on any atom is -0.334 e. The molecule has 0 aliphatic heterocycles. The smallest absolute Gasteiger partial charge is 0.0438 e. The Bertz CT molecular complexity index is 713. The second-order valence-electron chi connectivity index (χ2n) is 5.34. The third-order valence-corrected chi connectivity index (χ3v) is 3.59. The van der Waals surface area contributed by atoms with Crippen molar-refractivity contribution in [3.8, 4) is 0 Å². The van der Waals surface area contributed by atoms with Gasteiger partial charge in [-0.2, -0.15) is 54.6 Å². The summed E-state index contributed by atoms with van der Waals surface area (Å²) < 4.78 is 0. The van der Waals surface area contributed by atoms with E-state index in [1.165, 1.54) is 0 Å². The van der Waals surface area contributed by atoms with Crippen molar-refractivity contribution in [2.45, 2.75) is 0 Å². The zero-order valence-electron chi connectivity index (χ0n) is 14.5. The molecule has 0 N–H and O–H groups in total. The van der Waals surface area contributed by atoms with E-state index in [1.54, 1.807) is 0 Å². The second kappa shape index (κ2) is 11.4. The van der Waals surface area contributed by atoms with Gasteiger partial charge in [-0.25, -0.2) is 0 Å². The molecule has 0 aliphatic rings. The van der Waals surface area contributed by atoms with Crippen molar-refractivity contribution in [3.63, 3.8) is 0 Å². The summed E-state index contributed by atoms with van der Waals surface area (Å²) in [5.41, 5.74) is 3.44. The molecule has 0 heterocycles. The van der Waals surface area contributed by atoms with Crippen LogP contribution in [-0.4, -0.2) is 0 Å². The number of rotatable bonds is 3. The summed E-state index contributed by atoms with van der Waals surface area (Å²) in [7, 11) is 0. The molecule has 4 aromatic carbocycles. The maximum atomic E-state index is 3.06. The molecule has 0 saturated carbocycles. The fourth-order valence-corrected chi connectivity index (χ4v) is 2.47. The Morgan fingerprint density at radius 1 is 0.423 bits per heavy atom. The van der Waals surface area contributed by atoms with Crippen molar-refractivity contribution < 1.29 is 32.7 Å². The Kier molecular flexibility index (Phi) is 8.82. The van der Waals surface area contributed by atoms with Crippen LogP contribution in [0.25, 0.3) is 0 Å². The Labute approximate surface area is 181 Å². The molecule has 0 unspecified atom stereocenters. The molecular formula is C24H19NY-2. The summed E-state index contributed by atoms with van der Waals surface area (Å²) in [5.74, 6) is 0. The van der Waals surface area contributed by atoms with Gasteiger partial charge in [-0.15, -0.1) is 12.1 Å². The quantitative estimate of drug-likeness (QED) is 0.351.